The average Bonchev–Trinajstić information content (AvgIpc) is 3.10. The molecule has 0 saturated carbocycles. The molecule has 0 unspecified atom stereocenters. The molecule has 0 radical (unpaired) electrons. The van der Waals surface area contributed by atoms with Crippen molar-refractivity contribution in [1.29, 1.82) is 0 Å². The van der Waals surface area contributed by atoms with E-state index in [2.05, 4.69) is 24.0 Å². The summed E-state index contributed by atoms with van der Waals surface area (Å²) in [6.07, 6.45) is 0. The molecule has 0 atom stereocenters. The fraction of sp³-hybridized carbons (Fsp3) is 0.333. The van der Waals surface area contributed by atoms with Gasteiger partial charge in [-0.1, -0.05) is 23.5 Å². The number of benzene rings is 2. The summed E-state index contributed by atoms with van der Waals surface area (Å²) >= 11 is 2.98. The Balaban J connectivity index is 1.83. The lowest BCUT2D eigenvalue weighted by molar-refractivity contribution is -0.116. The van der Waals surface area contributed by atoms with Crippen molar-refractivity contribution < 1.29 is 9.18 Å². The fourth-order valence-electron chi connectivity index (χ4n) is 2.74. The van der Waals surface area contributed by atoms with Gasteiger partial charge in [-0.05, 0) is 63.3 Å². The molecule has 0 bridgehead atoms. The van der Waals surface area contributed by atoms with Gasteiger partial charge in [-0.15, -0.1) is 11.8 Å². The number of anilines is 1. The van der Waals surface area contributed by atoms with Crippen LogP contribution >= 0.6 is 23.1 Å². The standard InChI is InChI=1S/C21H24FN3OS2/c1-14-5-6-15(2)20-19(14)23-21(28-20)25(12-11-24(3)4)18(26)13-27-17-9-7-16(22)8-10-17/h5-10H,11-13H2,1-4H3. The minimum absolute atomic E-state index is 0.00513. The van der Waals surface area contributed by atoms with Gasteiger partial charge in [-0.25, -0.2) is 9.37 Å². The van der Waals surface area contributed by atoms with E-state index in [0.29, 0.717) is 6.54 Å². The van der Waals surface area contributed by atoms with Crippen LogP contribution in [0, 0.1) is 19.7 Å². The highest BCUT2D eigenvalue weighted by molar-refractivity contribution is 8.00. The normalized spacial score (nSPS) is 11.4. The number of likely N-dealkylation sites (N-methyl/N-ethyl adjacent to an activating group) is 1. The van der Waals surface area contributed by atoms with E-state index < -0.39 is 0 Å². The Labute approximate surface area is 173 Å². The lowest BCUT2D eigenvalue weighted by atomic mass is 10.1. The Morgan fingerprint density at radius 2 is 1.75 bits per heavy atom. The highest BCUT2D eigenvalue weighted by Gasteiger charge is 2.21. The first-order valence-electron chi connectivity index (χ1n) is 9.05. The maximum absolute atomic E-state index is 13.1. The zero-order valence-corrected chi connectivity index (χ0v) is 18.2. The Kier molecular flexibility index (Phi) is 6.69. The fourth-order valence-corrected chi connectivity index (χ4v) is 4.67. The highest BCUT2D eigenvalue weighted by atomic mass is 32.2. The largest absolute Gasteiger partial charge is 0.308 e. The van der Waals surface area contributed by atoms with Crippen LogP contribution < -0.4 is 4.90 Å². The summed E-state index contributed by atoms with van der Waals surface area (Å²) in [6.45, 7) is 5.44. The van der Waals surface area contributed by atoms with E-state index >= 15 is 0 Å². The van der Waals surface area contributed by atoms with Gasteiger partial charge < -0.3 is 4.90 Å². The monoisotopic (exact) mass is 417 g/mol. The molecule has 4 nitrogen and oxygen atoms in total. The average molecular weight is 418 g/mol. The molecule has 1 heterocycles. The van der Waals surface area contributed by atoms with Crippen molar-refractivity contribution in [3.8, 4) is 0 Å². The zero-order chi connectivity index (χ0) is 20.3. The maximum atomic E-state index is 13.1. The number of aromatic nitrogens is 1. The molecule has 0 N–H and O–H groups in total. The number of rotatable bonds is 7. The van der Waals surface area contributed by atoms with Gasteiger partial charge in [0, 0.05) is 18.0 Å². The quantitative estimate of drug-likeness (QED) is 0.520. The number of aryl methyl sites for hydroxylation is 2. The minimum atomic E-state index is -0.275. The molecule has 0 aliphatic heterocycles. The summed E-state index contributed by atoms with van der Waals surface area (Å²) in [5.41, 5.74) is 3.25. The SMILES string of the molecule is Cc1ccc(C)c2sc(N(CCN(C)C)C(=O)CSc3ccc(F)cc3)nc12. The molecule has 28 heavy (non-hydrogen) atoms. The van der Waals surface area contributed by atoms with Crippen molar-refractivity contribution in [2.75, 3.05) is 37.8 Å². The van der Waals surface area contributed by atoms with Crippen LogP contribution in [-0.4, -0.2) is 48.7 Å². The van der Waals surface area contributed by atoms with Gasteiger partial charge >= 0.3 is 0 Å². The van der Waals surface area contributed by atoms with Gasteiger partial charge in [0.1, 0.15) is 5.82 Å². The number of halogens is 1. The van der Waals surface area contributed by atoms with Crippen LogP contribution in [0.4, 0.5) is 9.52 Å². The van der Waals surface area contributed by atoms with Crippen molar-refractivity contribution in [3.63, 3.8) is 0 Å². The summed E-state index contributed by atoms with van der Waals surface area (Å²) in [5.74, 6) is 0.0153. The summed E-state index contributed by atoms with van der Waals surface area (Å²) in [7, 11) is 3.98. The van der Waals surface area contributed by atoms with Crippen molar-refractivity contribution in [3.05, 3.63) is 53.3 Å². The summed E-state index contributed by atoms with van der Waals surface area (Å²) in [5, 5.41) is 0.735. The van der Waals surface area contributed by atoms with Crippen molar-refractivity contribution in [1.82, 2.24) is 9.88 Å². The third-order valence-electron chi connectivity index (χ3n) is 4.41. The molecule has 1 amide bonds. The molecule has 0 aliphatic rings. The zero-order valence-electron chi connectivity index (χ0n) is 16.5. The molecule has 2 aromatic carbocycles. The van der Waals surface area contributed by atoms with Crippen LogP contribution in [0.5, 0.6) is 0 Å². The lowest BCUT2D eigenvalue weighted by Crippen LogP contribution is -2.37. The van der Waals surface area contributed by atoms with E-state index in [0.717, 1.165) is 32.4 Å². The van der Waals surface area contributed by atoms with E-state index in [1.165, 1.54) is 29.5 Å². The first-order chi connectivity index (χ1) is 13.3. The molecule has 7 heteroatoms. The number of thiazole rings is 1. The van der Waals surface area contributed by atoms with E-state index in [1.54, 1.807) is 28.4 Å². The first kappa shape index (κ1) is 20.8. The van der Waals surface area contributed by atoms with Crippen LogP contribution in [0.2, 0.25) is 0 Å². The first-order valence-corrected chi connectivity index (χ1v) is 10.9. The molecular formula is C21H24FN3OS2. The second kappa shape index (κ2) is 9.03. The van der Waals surface area contributed by atoms with Gasteiger partial charge in [-0.2, -0.15) is 0 Å². The van der Waals surface area contributed by atoms with E-state index in [9.17, 15) is 9.18 Å². The number of hydrogen-bond donors (Lipinski definition) is 0. The molecule has 3 aromatic rings. The predicted octanol–water partition coefficient (Wildman–Crippen LogP) is 4.74. The van der Waals surface area contributed by atoms with Crippen molar-refractivity contribution >= 4 is 44.4 Å². The van der Waals surface area contributed by atoms with Gasteiger partial charge in [0.05, 0.1) is 16.0 Å². The lowest BCUT2D eigenvalue weighted by Gasteiger charge is -2.21. The third kappa shape index (κ3) is 4.90. The Hall–Kier alpha value is -1.96. The number of fused-ring (bicyclic) bond motifs is 1. The molecule has 0 fully saturated rings. The van der Waals surface area contributed by atoms with Crippen LogP contribution in [0.1, 0.15) is 11.1 Å². The maximum Gasteiger partial charge on any atom is 0.239 e. The molecule has 148 valence electrons. The van der Waals surface area contributed by atoms with E-state index in [1.807, 2.05) is 21.0 Å². The Morgan fingerprint density at radius 3 is 2.39 bits per heavy atom. The second-order valence-corrected chi connectivity index (χ2v) is 8.99. The van der Waals surface area contributed by atoms with Crippen LogP contribution in [0.25, 0.3) is 10.2 Å². The summed E-state index contributed by atoms with van der Waals surface area (Å²) < 4.78 is 14.2. The van der Waals surface area contributed by atoms with Gasteiger partial charge in [0.15, 0.2) is 5.13 Å². The number of nitrogens with zero attached hydrogens (tertiary/aromatic N) is 3. The number of hydrogen-bond acceptors (Lipinski definition) is 5. The number of amides is 1. The topological polar surface area (TPSA) is 36.4 Å². The molecular weight excluding hydrogens is 393 g/mol. The molecule has 0 aliphatic carbocycles. The van der Waals surface area contributed by atoms with Crippen LogP contribution in [0.15, 0.2) is 41.3 Å². The van der Waals surface area contributed by atoms with Crippen LogP contribution in [-0.2, 0) is 4.79 Å². The summed E-state index contributed by atoms with van der Waals surface area (Å²) in [6, 6.07) is 10.4. The van der Waals surface area contributed by atoms with E-state index in [4.69, 9.17) is 4.98 Å². The summed E-state index contributed by atoms with van der Waals surface area (Å²) in [4.78, 5) is 22.5. The van der Waals surface area contributed by atoms with Gasteiger partial charge in [0.25, 0.3) is 0 Å². The second-order valence-electron chi connectivity index (χ2n) is 6.96. The van der Waals surface area contributed by atoms with Gasteiger partial charge in [-0.3, -0.25) is 9.69 Å². The smallest absolute Gasteiger partial charge is 0.239 e. The predicted molar refractivity (Wildman–Crippen MR) is 117 cm³/mol. The van der Waals surface area contributed by atoms with Crippen molar-refractivity contribution in [2.45, 2.75) is 18.7 Å². The van der Waals surface area contributed by atoms with Gasteiger partial charge in [0.2, 0.25) is 5.91 Å². The Bertz CT molecular complexity index is 931. The Morgan fingerprint density at radius 1 is 1.07 bits per heavy atom. The minimum Gasteiger partial charge on any atom is -0.308 e. The molecule has 3 rings (SSSR count). The number of carbonyl (C=O) groups is 1. The van der Waals surface area contributed by atoms with Crippen LogP contribution in [0.3, 0.4) is 0 Å². The number of thioether (sulfide) groups is 1. The third-order valence-corrected chi connectivity index (χ3v) is 6.62. The molecule has 1 aromatic heterocycles. The van der Waals surface area contributed by atoms with Crippen molar-refractivity contribution in [2.24, 2.45) is 0 Å². The van der Waals surface area contributed by atoms with E-state index in [-0.39, 0.29) is 17.5 Å². The number of carbonyl (C=O) groups excluding carboxylic acids is 1. The molecule has 0 saturated heterocycles. The highest BCUT2D eigenvalue weighted by Crippen LogP contribution is 2.33. The molecule has 0 spiro atoms.